The van der Waals surface area contributed by atoms with E-state index in [0.717, 1.165) is 5.69 Å². The molecule has 1 aliphatic rings. The van der Waals surface area contributed by atoms with Crippen molar-refractivity contribution >= 4 is 33.3 Å². The Hall–Kier alpha value is -2.29. The minimum absolute atomic E-state index is 0.186. The van der Waals surface area contributed by atoms with Gasteiger partial charge in [-0.1, -0.05) is 22.0 Å². The van der Waals surface area contributed by atoms with Gasteiger partial charge >= 0.3 is 0 Å². The number of benzene rings is 1. The smallest absolute Gasteiger partial charge is 0.170 e. The third-order valence-electron chi connectivity index (χ3n) is 4.85. The Morgan fingerprint density at radius 1 is 1.28 bits per heavy atom. The molecule has 150 valence electrons. The summed E-state index contributed by atoms with van der Waals surface area (Å²) in [5, 5.41) is 3.95. The van der Waals surface area contributed by atoms with Crippen LogP contribution < -0.4 is 5.32 Å². The average Bonchev–Trinajstić information content (AvgIpc) is 3.31. The van der Waals surface area contributed by atoms with Gasteiger partial charge in [0.2, 0.25) is 0 Å². The highest BCUT2D eigenvalue weighted by atomic mass is 79.9. The monoisotopic (exact) mass is 475 g/mol. The van der Waals surface area contributed by atoms with Gasteiger partial charge in [0, 0.05) is 24.3 Å². The zero-order chi connectivity index (χ0) is 20.4. The normalized spacial score (nSPS) is 18.9. The van der Waals surface area contributed by atoms with E-state index in [0.29, 0.717) is 39.8 Å². The lowest BCUT2D eigenvalue weighted by Gasteiger charge is -2.25. The highest BCUT2D eigenvalue weighted by molar-refractivity contribution is 9.10. The van der Waals surface area contributed by atoms with Crippen LogP contribution in [0, 0.1) is 5.82 Å². The second-order valence-corrected chi connectivity index (χ2v) is 7.94. The number of ether oxygens (including phenoxy) is 1. The summed E-state index contributed by atoms with van der Waals surface area (Å²) in [5.41, 5.74) is 1.26. The molecule has 0 saturated carbocycles. The summed E-state index contributed by atoms with van der Waals surface area (Å²) < 4.78 is 26.5. The highest BCUT2D eigenvalue weighted by Gasteiger charge is 2.41. The van der Waals surface area contributed by atoms with Crippen LogP contribution in [0.1, 0.15) is 23.5 Å². The van der Waals surface area contributed by atoms with Crippen LogP contribution >= 0.6 is 28.1 Å². The third kappa shape index (κ3) is 4.05. The molecule has 5 nitrogen and oxygen atoms in total. The van der Waals surface area contributed by atoms with E-state index in [9.17, 15) is 4.39 Å². The average molecular weight is 476 g/mol. The van der Waals surface area contributed by atoms with Crippen LogP contribution in [0.5, 0.6) is 0 Å². The minimum Gasteiger partial charge on any atom is -0.459 e. The number of halogens is 2. The van der Waals surface area contributed by atoms with Crippen LogP contribution in [-0.4, -0.2) is 35.3 Å². The number of hydrogen-bond acceptors (Lipinski definition) is 4. The fraction of sp³-hybridized carbons (Fsp3) is 0.238. The molecular formula is C21H19BrFN3O2S. The Morgan fingerprint density at radius 3 is 2.86 bits per heavy atom. The van der Waals surface area contributed by atoms with Gasteiger partial charge < -0.3 is 19.4 Å². The van der Waals surface area contributed by atoms with Crippen molar-refractivity contribution in [1.29, 1.82) is 0 Å². The summed E-state index contributed by atoms with van der Waals surface area (Å²) in [6.45, 7) is 1.11. The van der Waals surface area contributed by atoms with Crippen LogP contribution in [0.25, 0.3) is 11.3 Å². The van der Waals surface area contributed by atoms with Gasteiger partial charge in [0.1, 0.15) is 23.4 Å². The van der Waals surface area contributed by atoms with Crippen molar-refractivity contribution in [1.82, 2.24) is 15.2 Å². The van der Waals surface area contributed by atoms with Gasteiger partial charge in [0.15, 0.2) is 5.11 Å². The molecule has 0 unspecified atom stereocenters. The number of hydrogen-bond donors (Lipinski definition) is 1. The van der Waals surface area contributed by atoms with Crippen LogP contribution in [0.15, 0.2) is 63.6 Å². The highest BCUT2D eigenvalue weighted by Crippen LogP contribution is 2.40. The predicted octanol–water partition coefficient (Wildman–Crippen LogP) is 4.86. The molecule has 1 saturated heterocycles. The topological polar surface area (TPSA) is 50.5 Å². The van der Waals surface area contributed by atoms with Gasteiger partial charge in [0.05, 0.1) is 23.9 Å². The number of methoxy groups -OCH3 is 1. The van der Waals surface area contributed by atoms with Gasteiger partial charge in [-0.2, -0.15) is 0 Å². The molecule has 8 heteroatoms. The summed E-state index contributed by atoms with van der Waals surface area (Å²) in [6, 6.07) is 13.9. The Kier molecular flexibility index (Phi) is 5.94. The molecule has 4 rings (SSSR count). The molecule has 0 bridgehead atoms. The van der Waals surface area contributed by atoms with Crippen LogP contribution in [0.2, 0.25) is 0 Å². The number of pyridine rings is 1. The summed E-state index contributed by atoms with van der Waals surface area (Å²) in [7, 11) is 1.65. The first-order valence-electron chi connectivity index (χ1n) is 9.10. The number of furan rings is 1. The quantitative estimate of drug-likeness (QED) is 0.513. The number of thiocarbonyl (C=S) groups is 1. The van der Waals surface area contributed by atoms with E-state index in [-0.39, 0.29) is 17.9 Å². The zero-order valence-electron chi connectivity index (χ0n) is 15.6. The van der Waals surface area contributed by atoms with Gasteiger partial charge in [0.25, 0.3) is 0 Å². The van der Waals surface area contributed by atoms with Crippen molar-refractivity contribution in [2.75, 3.05) is 20.3 Å². The first kappa shape index (κ1) is 20.0. The second kappa shape index (κ2) is 8.61. The molecular weight excluding hydrogens is 457 g/mol. The minimum atomic E-state index is -0.349. The van der Waals surface area contributed by atoms with Crippen molar-refractivity contribution < 1.29 is 13.5 Å². The standard InChI is InChI=1S/C21H19BrFN3O2S/c1-27-11-10-26-20(19(25-21(26)29)16-4-2-3-9-24-16)18-8-7-17(28-18)14-6-5-13(22)12-15(14)23/h2-9,12,19-20H,10-11H2,1H3,(H,25,29)/t19-,20+/m1/s1. The lowest BCUT2D eigenvalue weighted by atomic mass is 10.0. The molecule has 1 aromatic carbocycles. The van der Waals surface area contributed by atoms with E-state index < -0.39 is 0 Å². The number of rotatable bonds is 6. The molecule has 3 aromatic rings. The van der Waals surface area contributed by atoms with Gasteiger partial charge in [-0.3, -0.25) is 4.98 Å². The van der Waals surface area contributed by atoms with E-state index in [2.05, 4.69) is 26.2 Å². The van der Waals surface area contributed by atoms with Gasteiger partial charge in [-0.15, -0.1) is 0 Å². The molecule has 2 atom stereocenters. The molecule has 2 aromatic heterocycles. The van der Waals surface area contributed by atoms with E-state index in [1.54, 1.807) is 31.5 Å². The molecule has 1 fully saturated rings. The summed E-state index contributed by atoms with van der Waals surface area (Å²) >= 11 is 8.85. The Balaban J connectivity index is 1.72. The SMILES string of the molecule is COCCN1C(=S)N[C@H](c2ccccn2)[C@@H]1c1ccc(-c2ccc(Br)cc2F)o1. The van der Waals surface area contributed by atoms with Gasteiger partial charge in [-0.25, -0.2) is 4.39 Å². The summed E-state index contributed by atoms with van der Waals surface area (Å²) in [6.07, 6.45) is 1.75. The largest absolute Gasteiger partial charge is 0.459 e. The van der Waals surface area contributed by atoms with E-state index in [1.807, 2.05) is 29.2 Å². The maximum atomic E-state index is 14.4. The van der Waals surface area contributed by atoms with Crippen LogP contribution in [0.3, 0.4) is 0 Å². The molecule has 0 radical (unpaired) electrons. The predicted molar refractivity (Wildman–Crippen MR) is 116 cm³/mol. The Labute approximate surface area is 182 Å². The number of nitrogens with zero attached hydrogens (tertiary/aromatic N) is 2. The van der Waals surface area contributed by atoms with Gasteiger partial charge in [-0.05, 0) is 54.7 Å². The molecule has 29 heavy (non-hydrogen) atoms. The Bertz CT molecular complexity index is 1010. The molecule has 0 spiro atoms. The fourth-order valence-electron chi connectivity index (χ4n) is 3.49. The van der Waals surface area contributed by atoms with E-state index in [1.165, 1.54) is 6.07 Å². The van der Waals surface area contributed by atoms with Crippen molar-refractivity contribution in [2.24, 2.45) is 0 Å². The zero-order valence-corrected chi connectivity index (χ0v) is 18.0. The third-order valence-corrected chi connectivity index (χ3v) is 5.69. The lowest BCUT2D eigenvalue weighted by molar-refractivity contribution is 0.158. The van der Waals surface area contributed by atoms with Crippen molar-refractivity contribution in [3.05, 3.63) is 76.5 Å². The van der Waals surface area contributed by atoms with Crippen molar-refractivity contribution in [3.8, 4) is 11.3 Å². The number of aromatic nitrogens is 1. The van der Waals surface area contributed by atoms with E-state index >= 15 is 0 Å². The maximum Gasteiger partial charge on any atom is 0.170 e. The molecule has 1 N–H and O–H groups in total. The van der Waals surface area contributed by atoms with Crippen LogP contribution in [0.4, 0.5) is 4.39 Å². The van der Waals surface area contributed by atoms with Crippen molar-refractivity contribution in [2.45, 2.75) is 12.1 Å². The lowest BCUT2D eigenvalue weighted by Crippen LogP contribution is -2.32. The molecule has 3 heterocycles. The first-order chi connectivity index (χ1) is 14.1. The second-order valence-electron chi connectivity index (χ2n) is 6.64. The van der Waals surface area contributed by atoms with Crippen molar-refractivity contribution in [3.63, 3.8) is 0 Å². The molecule has 0 amide bonds. The van der Waals surface area contributed by atoms with Crippen LogP contribution in [-0.2, 0) is 4.74 Å². The van der Waals surface area contributed by atoms with E-state index in [4.69, 9.17) is 21.4 Å². The summed E-state index contributed by atoms with van der Waals surface area (Å²) in [5.74, 6) is 0.800. The fourth-order valence-corrected chi connectivity index (χ4v) is 4.16. The first-order valence-corrected chi connectivity index (χ1v) is 10.3. The molecule has 0 aliphatic carbocycles. The number of nitrogens with one attached hydrogen (secondary N) is 1. The molecule has 1 aliphatic heterocycles. The Morgan fingerprint density at radius 2 is 2.14 bits per heavy atom. The summed E-state index contributed by atoms with van der Waals surface area (Å²) in [4.78, 5) is 6.51. The maximum absolute atomic E-state index is 14.4.